The monoisotopic (exact) mass is 381 g/mol. The van der Waals surface area contributed by atoms with E-state index in [4.69, 9.17) is 0 Å². The molecule has 0 atom stereocenters. The summed E-state index contributed by atoms with van der Waals surface area (Å²) in [5, 5.41) is 0. The maximum absolute atomic E-state index is 0. The van der Waals surface area contributed by atoms with E-state index in [1.807, 2.05) is 0 Å². The summed E-state index contributed by atoms with van der Waals surface area (Å²) in [4.78, 5) is 0. The van der Waals surface area contributed by atoms with Gasteiger partial charge in [0, 0.05) is 82.2 Å². The van der Waals surface area contributed by atoms with Gasteiger partial charge in [-0.25, -0.2) is 0 Å². The van der Waals surface area contributed by atoms with Crippen LogP contribution >= 0.6 is 0 Å². The van der Waals surface area contributed by atoms with Gasteiger partial charge >= 0.3 is 0 Å². The maximum Gasteiger partial charge on any atom is 0 e. The van der Waals surface area contributed by atoms with Crippen LogP contribution in [0.3, 0.4) is 0 Å². The first-order chi connectivity index (χ1) is 0. The number of hydrogen-bond acceptors (Lipinski definition) is 0. The van der Waals surface area contributed by atoms with Crippen LogP contribution in [0.15, 0.2) is 0 Å². The Balaban J connectivity index is 0. The molecule has 0 aliphatic carbocycles. The smallest absolute Gasteiger partial charge is 0 e. The van der Waals surface area contributed by atoms with Crippen molar-refractivity contribution in [3.05, 3.63) is 0 Å². The average Bonchev–Trinajstić information content (AvgIpc) is 0. The molecule has 1 radical (unpaired) electrons. The van der Waals surface area contributed by atoms with Crippen molar-refractivity contribution in [1.29, 1.82) is 0 Å². The molecular formula is FeNbTiW. The van der Waals surface area contributed by atoms with E-state index in [9.17, 15) is 0 Å². The topological polar surface area (TPSA) is 0 Å². The summed E-state index contributed by atoms with van der Waals surface area (Å²) in [5.41, 5.74) is 0. The second-order valence-corrected chi connectivity index (χ2v) is 0. The third kappa shape index (κ3) is 8.82. The standard InChI is InChI=1S/Fe.Nb.Ti.W. The molecule has 0 aromatic carbocycles. The van der Waals surface area contributed by atoms with Crippen LogP contribution in [0.25, 0.3) is 0 Å². The summed E-state index contributed by atoms with van der Waals surface area (Å²) in [6, 6.07) is 0. The van der Waals surface area contributed by atoms with Gasteiger partial charge in [-0.1, -0.05) is 0 Å². The van der Waals surface area contributed by atoms with Gasteiger partial charge in [0.2, 0.25) is 0 Å². The molecule has 0 heterocycles. The minimum Gasteiger partial charge on any atom is 0 e. The van der Waals surface area contributed by atoms with Crippen molar-refractivity contribution in [2.75, 3.05) is 0 Å². The first kappa shape index (κ1) is 30.1. The fraction of sp³-hybridized carbons (Fsp3) is 0. The first-order valence-electron chi connectivity index (χ1n) is 0. The average molecular weight is 380 g/mol. The van der Waals surface area contributed by atoms with Gasteiger partial charge in [0.15, 0.2) is 0 Å². The Bertz CT molecular complexity index is 8.00. The second-order valence-electron chi connectivity index (χ2n) is 0. The van der Waals surface area contributed by atoms with Crippen LogP contribution in [0, 0.1) is 0 Å². The molecule has 0 aromatic rings. The van der Waals surface area contributed by atoms with Crippen LogP contribution in [0.1, 0.15) is 0 Å². The van der Waals surface area contributed by atoms with Crippen LogP contribution in [0.4, 0.5) is 0 Å². The molecule has 0 bridgehead atoms. The number of rotatable bonds is 0. The molecule has 0 unspecified atom stereocenters. The molecule has 0 fully saturated rings. The normalized spacial score (nSPS) is 0. The molecule has 0 nitrogen and oxygen atoms in total. The van der Waals surface area contributed by atoms with Crippen molar-refractivity contribution in [3.8, 4) is 0 Å². The molecule has 0 aromatic heterocycles. The van der Waals surface area contributed by atoms with E-state index < -0.39 is 0 Å². The predicted octanol–water partition coefficient (Wildman–Crippen LogP) is -0.0100. The molecule has 0 aliphatic heterocycles. The summed E-state index contributed by atoms with van der Waals surface area (Å²) in [6.07, 6.45) is 0. The first-order valence-corrected chi connectivity index (χ1v) is 0. The van der Waals surface area contributed by atoms with E-state index in [-0.39, 0.29) is 82.2 Å². The largest absolute Gasteiger partial charge is 0 e. The van der Waals surface area contributed by atoms with E-state index in [2.05, 4.69) is 0 Å². The van der Waals surface area contributed by atoms with Crippen molar-refractivity contribution in [3.63, 3.8) is 0 Å². The second kappa shape index (κ2) is 17.4. The molecule has 4 heavy (non-hydrogen) atoms. The van der Waals surface area contributed by atoms with Gasteiger partial charge in [0.25, 0.3) is 0 Å². The zero-order valence-electron chi connectivity index (χ0n) is 1.71. The van der Waals surface area contributed by atoms with Crippen LogP contribution in [-0.2, 0) is 82.2 Å². The molecule has 0 rings (SSSR count). The van der Waals surface area contributed by atoms with Gasteiger partial charge in [-0.3, -0.25) is 0 Å². The van der Waals surface area contributed by atoms with Crippen molar-refractivity contribution in [2.45, 2.75) is 0 Å². The van der Waals surface area contributed by atoms with Gasteiger partial charge in [-0.2, -0.15) is 0 Å². The van der Waals surface area contributed by atoms with Gasteiger partial charge in [-0.15, -0.1) is 0 Å². The van der Waals surface area contributed by atoms with Crippen LogP contribution < -0.4 is 0 Å². The van der Waals surface area contributed by atoms with Crippen molar-refractivity contribution in [2.24, 2.45) is 0 Å². The molecule has 4 heteroatoms. The van der Waals surface area contributed by atoms with Gasteiger partial charge in [0.05, 0.1) is 0 Å². The SMILES string of the molecule is [Fe].[Nb].[Ti].[W]. The molecule has 23 valence electrons. The summed E-state index contributed by atoms with van der Waals surface area (Å²) < 4.78 is 0. The molecule has 0 N–H and O–H groups in total. The van der Waals surface area contributed by atoms with Gasteiger partial charge < -0.3 is 0 Å². The van der Waals surface area contributed by atoms with E-state index in [0.717, 1.165) is 0 Å². The quantitative estimate of drug-likeness (QED) is 0.519. The van der Waals surface area contributed by atoms with Gasteiger partial charge in [0.1, 0.15) is 0 Å². The van der Waals surface area contributed by atoms with Crippen molar-refractivity contribution in [1.82, 2.24) is 0 Å². The van der Waals surface area contributed by atoms with E-state index in [0.29, 0.717) is 0 Å². The van der Waals surface area contributed by atoms with Crippen molar-refractivity contribution < 1.29 is 82.2 Å². The van der Waals surface area contributed by atoms with Gasteiger partial charge in [-0.05, 0) is 0 Å². The third-order valence-electron chi connectivity index (χ3n) is 0. The molecule has 0 aliphatic rings. The van der Waals surface area contributed by atoms with Crippen molar-refractivity contribution >= 4 is 0 Å². The van der Waals surface area contributed by atoms with E-state index in [1.54, 1.807) is 0 Å². The Morgan fingerprint density at radius 3 is 1.00 bits per heavy atom. The minimum atomic E-state index is 0. The Morgan fingerprint density at radius 1 is 1.00 bits per heavy atom. The van der Waals surface area contributed by atoms with E-state index in [1.165, 1.54) is 0 Å². The molecule has 0 amide bonds. The zero-order valence-corrected chi connectivity index (χ0v) is 9.51. The molecule has 0 saturated carbocycles. The summed E-state index contributed by atoms with van der Waals surface area (Å²) in [5.74, 6) is 0. The maximum atomic E-state index is 0. The number of hydrogen-bond donors (Lipinski definition) is 0. The van der Waals surface area contributed by atoms with Crippen LogP contribution in [-0.4, -0.2) is 0 Å². The van der Waals surface area contributed by atoms with E-state index >= 15 is 0 Å². The predicted molar refractivity (Wildman–Crippen MR) is 0 cm³/mol. The summed E-state index contributed by atoms with van der Waals surface area (Å²) in [7, 11) is 0. The molecule has 0 saturated heterocycles. The third-order valence-corrected chi connectivity index (χ3v) is 0. The fourth-order valence-corrected chi connectivity index (χ4v) is 0. The minimum absolute atomic E-state index is 0. The molecular weight excluding hydrogens is 380 g/mol. The van der Waals surface area contributed by atoms with Crippen LogP contribution in [0.2, 0.25) is 0 Å². The Labute approximate surface area is 81.0 Å². The van der Waals surface area contributed by atoms with Crippen LogP contribution in [0.5, 0.6) is 0 Å². The summed E-state index contributed by atoms with van der Waals surface area (Å²) >= 11 is 0. The zero-order chi connectivity index (χ0) is 0. The fourth-order valence-electron chi connectivity index (χ4n) is 0. The Hall–Kier alpha value is 2.66. The Morgan fingerprint density at radius 2 is 1.00 bits per heavy atom. The summed E-state index contributed by atoms with van der Waals surface area (Å²) in [6.45, 7) is 0. The molecule has 0 spiro atoms. The Kier molecular flexibility index (Phi) is 131.